The average Bonchev–Trinajstić information content (AvgIpc) is 3.34. The minimum Gasteiger partial charge on any atom is -0.378 e. The largest absolute Gasteiger partial charge is 0.378 e. The summed E-state index contributed by atoms with van der Waals surface area (Å²) in [5.74, 6) is 0.416. The third-order valence-electron chi connectivity index (χ3n) is 5.69. The van der Waals surface area contributed by atoms with Crippen LogP contribution in [-0.4, -0.2) is 14.9 Å². The molecule has 3 aromatic rings. The van der Waals surface area contributed by atoms with Gasteiger partial charge in [-0.1, -0.05) is 61.1 Å². The van der Waals surface area contributed by atoms with Gasteiger partial charge in [0.05, 0.1) is 29.1 Å². The summed E-state index contributed by atoms with van der Waals surface area (Å²) in [6.07, 6.45) is 16.7. The lowest BCUT2D eigenvalue weighted by Gasteiger charge is -2.27. The molecule has 148 valence electrons. The minimum absolute atomic E-state index is 0.0856. The molecular formula is C25H22N4S. The summed E-state index contributed by atoms with van der Waals surface area (Å²) in [5.41, 5.74) is 5.06. The highest BCUT2D eigenvalue weighted by Gasteiger charge is 2.37. The molecule has 2 aliphatic rings. The van der Waals surface area contributed by atoms with Gasteiger partial charge in [-0.15, -0.1) is 11.8 Å². The Morgan fingerprint density at radius 2 is 2.10 bits per heavy atom. The summed E-state index contributed by atoms with van der Waals surface area (Å²) in [4.78, 5) is 1.29. The summed E-state index contributed by atoms with van der Waals surface area (Å²) >= 11 is 1.91. The minimum atomic E-state index is 0.0856. The van der Waals surface area contributed by atoms with E-state index in [2.05, 4.69) is 82.4 Å². The summed E-state index contributed by atoms with van der Waals surface area (Å²) in [7, 11) is 0. The zero-order chi connectivity index (χ0) is 20.6. The van der Waals surface area contributed by atoms with E-state index in [4.69, 9.17) is 6.42 Å². The monoisotopic (exact) mass is 410 g/mol. The molecular weight excluding hydrogens is 388 g/mol. The van der Waals surface area contributed by atoms with Gasteiger partial charge < -0.3 is 10.6 Å². The zero-order valence-electron chi connectivity index (χ0n) is 16.6. The maximum atomic E-state index is 5.52. The first kappa shape index (κ1) is 18.7. The third-order valence-corrected chi connectivity index (χ3v) is 7.13. The van der Waals surface area contributed by atoms with E-state index in [0.717, 1.165) is 28.0 Å². The van der Waals surface area contributed by atoms with Crippen molar-refractivity contribution >= 4 is 38.9 Å². The van der Waals surface area contributed by atoms with Crippen LogP contribution in [0.3, 0.4) is 0 Å². The first-order chi connectivity index (χ1) is 14.7. The Bertz CT molecular complexity index is 1240. The van der Waals surface area contributed by atoms with Crippen molar-refractivity contribution in [2.45, 2.75) is 18.2 Å². The summed E-state index contributed by atoms with van der Waals surface area (Å²) in [6, 6.07) is 17.0. The van der Waals surface area contributed by atoms with E-state index in [1.54, 1.807) is 0 Å². The molecule has 5 rings (SSSR count). The molecule has 5 heteroatoms. The first-order valence-corrected chi connectivity index (χ1v) is 10.8. The van der Waals surface area contributed by atoms with Gasteiger partial charge in [-0.3, -0.25) is 5.10 Å². The number of rotatable bonds is 5. The van der Waals surface area contributed by atoms with Crippen molar-refractivity contribution in [3.05, 3.63) is 84.1 Å². The van der Waals surface area contributed by atoms with Crippen LogP contribution in [0.2, 0.25) is 0 Å². The normalized spacial score (nSPS) is 21.9. The van der Waals surface area contributed by atoms with Crippen LogP contribution in [-0.2, 0) is 6.54 Å². The molecule has 2 unspecified atom stereocenters. The predicted octanol–water partition coefficient (Wildman–Crippen LogP) is 5.77. The molecule has 2 heterocycles. The number of nitrogens with one attached hydrogen (secondary N) is 3. The number of benzene rings is 2. The fourth-order valence-corrected chi connectivity index (χ4v) is 5.37. The van der Waals surface area contributed by atoms with Gasteiger partial charge in [-0.05, 0) is 30.7 Å². The number of allylic oxidation sites excluding steroid dienone is 4. The lowest BCUT2D eigenvalue weighted by molar-refractivity contribution is 0.671. The van der Waals surface area contributed by atoms with Gasteiger partial charge in [0.15, 0.2) is 0 Å². The van der Waals surface area contributed by atoms with Gasteiger partial charge in [-0.2, -0.15) is 5.10 Å². The number of terminal acetylenes is 1. The molecule has 1 aliphatic heterocycles. The number of para-hydroxylation sites is 1. The highest BCUT2D eigenvalue weighted by molar-refractivity contribution is 8.10. The smallest absolute Gasteiger partial charge is 0.0924 e. The Balaban J connectivity index is 1.43. The molecule has 0 saturated heterocycles. The van der Waals surface area contributed by atoms with Crippen LogP contribution >= 0.6 is 11.8 Å². The Morgan fingerprint density at radius 3 is 2.97 bits per heavy atom. The number of hydrogen-bond acceptors (Lipinski definition) is 4. The van der Waals surface area contributed by atoms with E-state index < -0.39 is 0 Å². The lowest BCUT2D eigenvalue weighted by Crippen LogP contribution is -2.23. The third kappa shape index (κ3) is 3.30. The maximum absolute atomic E-state index is 5.52. The number of fused-ring (bicyclic) bond motifs is 2. The second-order valence-electron chi connectivity index (χ2n) is 7.69. The van der Waals surface area contributed by atoms with Gasteiger partial charge in [0, 0.05) is 27.0 Å². The molecule has 1 aromatic heterocycles. The highest BCUT2D eigenvalue weighted by Crippen LogP contribution is 2.52. The summed E-state index contributed by atoms with van der Waals surface area (Å²) < 4.78 is 0.0856. The van der Waals surface area contributed by atoms with Gasteiger partial charge in [0.25, 0.3) is 0 Å². The van der Waals surface area contributed by atoms with Gasteiger partial charge in [-0.25, -0.2) is 0 Å². The molecule has 2 aromatic carbocycles. The van der Waals surface area contributed by atoms with Crippen molar-refractivity contribution < 1.29 is 0 Å². The molecule has 1 aliphatic carbocycles. The first-order valence-electron chi connectivity index (χ1n) is 9.95. The van der Waals surface area contributed by atoms with Crippen LogP contribution in [0.5, 0.6) is 0 Å². The van der Waals surface area contributed by atoms with Crippen molar-refractivity contribution in [3.8, 4) is 12.5 Å². The average molecular weight is 411 g/mol. The summed E-state index contributed by atoms with van der Waals surface area (Å²) in [5, 5.41) is 15.2. The van der Waals surface area contributed by atoms with E-state index in [1.165, 1.54) is 10.5 Å². The molecule has 0 bridgehead atoms. The Labute approximate surface area is 180 Å². The van der Waals surface area contributed by atoms with E-state index in [1.807, 2.05) is 36.0 Å². The van der Waals surface area contributed by atoms with Gasteiger partial charge in [0.1, 0.15) is 0 Å². The number of thioether (sulfide) groups is 1. The highest BCUT2D eigenvalue weighted by atomic mass is 32.2. The number of aromatic amines is 1. The molecule has 30 heavy (non-hydrogen) atoms. The Hall–Kier alpha value is -3.36. The van der Waals surface area contributed by atoms with E-state index in [-0.39, 0.29) is 4.75 Å². The van der Waals surface area contributed by atoms with Crippen LogP contribution in [0.15, 0.2) is 72.8 Å². The quantitative estimate of drug-likeness (QED) is 0.369. The zero-order valence-corrected chi connectivity index (χ0v) is 17.5. The second kappa shape index (κ2) is 7.47. The fraction of sp³-hybridized carbons (Fsp3) is 0.160. The molecule has 0 saturated carbocycles. The standard InChI is InChI=1S/C25H22N4S/c1-3-26-21-12-11-17(24-15-18-8-6-7-13-25(18,2)30-24)14-22(21)27-16-23-19-9-4-5-10-20(19)28-29-23/h1,4-15,18,26-27H,16H2,2H3,(H,28,29). The topological polar surface area (TPSA) is 52.7 Å². The molecule has 0 spiro atoms. The van der Waals surface area contributed by atoms with Crippen molar-refractivity contribution in [2.75, 3.05) is 10.6 Å². The van der Waals surface area contributed by atoms with Gasteiger partial charge >= 0.3 is 0 Å². The number of hydrogen-bond donors (Lipinski definition) is 3. The van der Waals surface area contributed by atoms with Crippen molar-refractivity contribution in [3.63, 3.8) is 0 Å². The molecule has 3 N–H and O–H groups in total. The number of anilines is 2. The summed E-state index contributed by atoms with van der Waals surface area (Å²) in [6.45, 7) is 2.92. The molecule has 0 amide bonds. The lowest BCUT2D eigenvalue weighted by atomic mass is 9.89. The second-order valence-corrected chi connectivity index (χ2v) is 9.21. The van der Waals surface area contributed by atoms with E-state index >= 15 is 0 Å². The number of H-pyrrole nitrogens is 1. The fourth-order valence-electron chi connectivity index (χ4n) is 4.01. The Morgan fingerprint density at radius 1 is 1.20 bits per heavy atom. The van der Waals surface area contributed by atoms with Crippen molar-refractivity contribution in [1.82, 2.24) is 10.2 Å². The van der Waals surface area contributed by atoms with Crippen LogP contribution in [0.25, 0.3) is 15.8 Å². The van der Waals surface area contributed by atoms with Crippen LogP contribution in [0, 0.1) is 18.4 Å². The Kier molecular flexibility index (Phi) is 4.65. The molecule has 0 radical (unpaired) electrons. The van der Waals surface area contributed by atoms with Gasteiger partial charge in [0.2, 0.25) is 0 Å². The maximum Gasteiger partial charge on any atom is 0.0924 e. The predicted molar refractivity (Wildman–Crippen MR) is 128 cm³/mol. The van der Waals surface area contributed by atoms with Crippen LogP contribution in [0.4, 0.5) is 11.4 Å². The molecule has 2 atom stereocenters. The SMILES string of the molecule is C#CNc1ccc(C2=CC3C=CC=CC3(C)S2)cc1NCc1[nH]nc2ccccc12. The molecule has 4 nitrogen and oxygen atoms in total. The van der Waals surface area contributed by atoms with Crippen molar-refractivity contribution in [2.24, 2.45) is 5.92 Å². The van der Waals surface area contributed by atoms with Crippen molar-refractivity contribution in [1.29, 1.82) is 0 Å². The van der Waals surface area contributed by atoms with Crippen LogP contribution < -0.4 is 10.6 Å². The van der Waals surface area contributed by atoms with Crippen LogP contribution in [0.1, 0.15) is 18.2 Å². The number of nitrogens with zero attached hydrogens (tertiary/aromatic N) is 1. The molecule has 0 fully saturated rings. The van der Waals surface area contributed by atoms with E-state index in [0.29, 0.717) is 12.5 Å². The van der Waals surface area contributed by atoms with E-state index in [9.17, 15) is 0 Å². The number of aromatic nitrogens is 2.